The lowest BCUT2D eigenvalue weighted by molar-refractivity contribution is -0.124. The molecule has 6 heteroatoms. The van der Waals surface area contributed by atoms with Gasteiger partial charge < -0.3 is 15.5 Å². The van der Waals surface area contributed by atoms with Crippen LogP contribution in [0, 0.1) is 6.92 Å². The number of nitrogens with zero attached hydrogens (tertiary/aromatic N) is 1. The molecule has 2 atom stereocenters. The van der Waals surface area contributed by atoms with E-state index in [0.717, 1.165) is 32.1 Å². The van der Waals surface area contributed by atoms with Crippen LogP contribution in [0.3, 0.4) is 0 Å². The van der Waals surface area contributed by atoms with Crippen molar-refractivity contribution in [2.75, 3.05) is 6.54 Å². The Kier molecular flexibility index (Phi) is 4.90. The molecular formula is C17H25N3O2S. The molecule has 5 nitrogen and oxygen atoms in total. The third-order valence-electron chi connectivity index (χ3n) is 4.41. The van der Waals surface area contributed by atoms with Crippen LogP contribution in [-0.2, 0) is 11.2 Å². The molecule has 2 fully saturated rings. The van der Waals surface area contributed by atoms with Crippen LogP contribution in [0.2, 0.25) is 0 Å². The van der Waals surface area contributed by atoms with Gasteiger partial charge in [0.2, 0.25) is 5.91 Å². The maximum absolute atomic E-state index is 12.5. The van der Waals surface area contributed by atoms with Crippen LogP contribution in [0.25, 0.3) is 0 Å². The summed E-state index contributed by atoms with van der Waals surface area (Å²) in [4.78, 5) is 29.0. The van der Waals surface area contributed by atoms with E-state index in [-0.39, 0.29) is 24.0 Å². The van der Waals surface area contributed by atoms with E-state index < -0.39 is 0 Å². The summed E-state index contributed by atoms with van der Waals surface area (Å²) in [7, 11) is 0. The Labute approximate surface area is 141 Å². The normalized spacial score (nSPS) is 22.0. The topological polar surface area (TPSA) is 61.4 Å². The van der Waals surface area contributed by atoms with Crippen molar-refractivity contribution in [3.05, 3.63) is 21.9 Å². The molecule has 2 heterocycles. The van der Waals surface area contributed by atoms with Crippen molar-refractivity contribution in [3.8, 4) is 0 Å². The largest absolute Gasteiger partial charge is 0.352 e. The molecule has 23 heavy (non-hydrogen) atoms. The number of rotatable bonds is 5. The first kappa shape index (κ1) is 16.3. The van der Waals surface area contributed by atoms with Gasteiger partial charge in [0.05, 0.1) is 0 Å². The van der Waals surface area contributed by atoms with E-state index in [0.29, 0.717) is 12.6 Å². The molecular weight excluding hydrogens is 310 g/mol. The third kappa shape index (κ3) is 4.25. The van der Waals surface area contributed by atoms with Gasteiger partial charge in [0, 0.05) is 34.8 Å². The molecule has 1 saturated carbocycles. The van der Waals surface area contributed by atoms with Crippen LogP contribution in [0.1, 0.15) is 42.4 Å². The molecule has 3 rings (SSSR count). The quantitative estimate of drug-likeness (QED) is 0.868. The number of carbonyl (C=O) groups is 2. The molecule has 2 aliphatic rings. The minimum atomic E-state index is -0.299. The minimum absolute atomic E-state index is 0.0154. The highest BCUT2D eigenvalue weighted by Crippen LogP contribution is 2.22. The maximum Gasteiger partial charge on any atom is 0.318 e. The summed E-state index contributed by atoms with van der Waals surface area (Å²) >= 11 is 1.77. The van der Waals surface area contributed by atoms with E-state index >= 15 is 0 Å². The van der Waals surface area contributed by atoms with Crippen LogP contribution in [-0.4, -0.2) is 41.5 Å². The van der Waals surface area contributed by atoms with Gasteiger partial charge in [-0.25, -0.2) is 4.79 Å². The van der Waals surface area contributed by atoms with Crippen molar-refractivity contribution < 1.29 is 9.59 Å². The van der Waals surface area contributed by atoms with E-state index in [4.69, 9.17) is 0 Å². The second kappa shape index (κ2) is 6.91. The highest BCUT2D eigenvalue weighted by Gasteiger charge is 2.36. The monoisotopic (exact) mass is 335 g/mol. The van der Waals surface area contributed by atoms with Crippen LogP contribution < -0.4 is 10.6 Å². The Hall–Kier alpha value is -1.56. The lowest BCUT2D eigenvalue weighted by Gasteiger charge is -2.26. The molecule has 0 aromatic carbocycles. The molecule has 2 unspecified atom stereocenters. The van der Waals surface area contributed by atoms with Gasteiger partial charge in [0.1, 0.15) is 6.04 Å². The van der Waals surface area contributed by atoms with Crippen molar-refractivity contribution in [3.63, 3.8) is 0 Å². The van der Waals surface area contributed by atoms with Gasteiger partial charge in [-0.15, -0.1) is 11.3 Å². The number of amides is 3. The van der Waals surface area contributed by atoms with Gasteiger partial charge in [0.15, 0.2) is 0 Å². The predicted octanol–water partition coefficient (Wildman–Crippen LogP) is 2.44. The maximum atomic E-state index is 12.5. The molecule has 1 aliphatic heterocycles. The Balaban J connectivity index is 1.52. The summed E-state index contributed by atoms with van der Waals surface area (Å²) in [5.74, 6) is 0.0154. The van der Waals surface area contributed by atoms with E-state index in [9.17, 15) is 9.59 Å². The standard InChI is InChI=1S/C17H25N3O2S/c1-11(10-14-8-5-12(2)23-14)18-17(22)20-9-3-4-15(20)16(21)19-13-6-7-13/h5,8,11,13,15H,3-4,6-7,9-10H2,1-2H3,(H,18,22)(H,19,21). The van der Waals surface area contributed by atoms with Gasteiger partial charge >= 0.3 is 6.03 Å². The average molecular weight is 335 g/mol. The molecule has 1 aliphatic carbocycles. The molecule has 3 amide bonds. The lowest BCUT2D eigenvalue weighted by atomic mass is 10.2. The minimum Gasteiger partial charge on any atom is -0.352 e. The average Bonchev–Trinajstić information content (AvgIpc) is 3.00. The summed E-state index contributed by atoms with van der Waals surface area (Å²) in [5.41, 5.74) is 0. The summed E-state index contributed by atoms with van der Waals surface area (Å²) in [6.07, 6.45) is 4.64. The van der Waals surface area contributed by atoms with E-state index in [2.05, 4.69) is 29.7 Å². The first-order valence-corrected chi connectivity index (χ1v) is 9.27. The van der Waals surface area contributed by atoms with Crippen LogP contribution in [0.4, 0.5) is 4.79 Å². The van der Waals surface area contributed by atoms with E-state index in [1.165, 1.54) is 9.75 Å². The Morgan fingerprint density at radius 3 is 2.78 bits per heavy atom. The second-order valence-electron chi connectivity index (χ2n) is 6.70. The Morgan fingerprint density at radius 1 is 1.35 bits per heavy atom. The molecule has 2 N–H and O–H groups in total. The van der Waals surface area contributed by atoms with Crippen molar-refractivity contribution >= 4 is 23.3 Å². The zero-order chi connectivity index (χ0) is 16.4. The number of thiophene rings is 1. The smallest absolute Gasteiger partial charge is 0.318 e. The SMILES string of the molecule is Cc1ccc(CC(C)NC(=O)N2CCCC2C(=O)NC2CC2)s1. The molecule has 0 radical (unpaired) electrons. The zero-order valence-electron chi connectivity index (χ0n) is 13.8. The third-order valence-corrected chi connectivity index (χ3v) is 5.44. The number of nitrogens with one attached hydrogen (secondary N) is 2. The fourth-order valence-electron chi connectivity index (χ4n) is 3.05. The molecule has 1 aromatic heterocycles. The summed E-state index contributed by atoms with van der Waals surface area (Å²) in [6.45, 7) is 4.77. The van der Waals surface area contributed by atoms with E-state index in [1.54, 1.807) is 16.2 Å². The number of hydrogen-bond donors (Lipinski definition) is 2. The molecule has 1 aromatic rings. The summed E-state index contributed by atoms with van der Waals surface area (Å²) in [6, 6.07) is 4.21. The van der Waals surface area contributed by atoms with Crippen LogP contribution in [0.15, 0.2) is 12.1 Å². The molecule has 126 valence electrons. The van der Waals surface area contributed by atoms with Gasteiger partial charge in [0.25, 0.3) is 0 Å². The van der Waals surface area contributed by atoms with Gasteiger partial charge in [-0.3, -0.25) is 4.79 Å². The highest BCUT2D eigenvalue weighted by molar-refractivity contribution is 7.11. The number of urea groups is 1. The first-order valence-electron chi connectivity index (χ1n) is 8.46. The Morgan fingerprint density at radius 2 is 2.13 bits per heavy atom. The molecule has 0 spiro atoms. The summed E-state index contributed by atoms with van der Waals surface area (Å²) < 4.78 is 0. The number of aryl methyl sites for hydroxylation is 1. The highest BCUT2D eigenvalue weighted by atomic mass is 32.1. The number of carbonyl (C=O) groups excluding carboxylic acids is 2. The van der Waals surface area contributed by atoms with Crippen molar-refractivity contribution in [1.29, 1.82) is 0 Å². The van der Waals surface area contributed by atoms with Crippen molar-refractivity contribution in [2.24, 2.45) is 0 Å². The first-order chi connectivity index (χ1) is 11.0. The number of hydrogen-bond acceptors (Lipinski definition) is 3. The van der Waals surface area contributed by atoms with Crippen LogP contribution >= 0.6 is 11.3 Å². The van der Waals surface area contributed by atoms with Gasteiger partial charge in [-0.05, 0) is 51.7 Å². The fraction of sp³-hybridized carbons (Fsp3) is 0.647. The van der Waals surface area contributed by atoms with Crippen molar-refractivity contribution in [1.82, 2.24) is 15.5 Å². The fourth-order valence-corrected chi connectivity index (χ4v) is 4.07. The molecule has 1 saturated heterocycles. The summed E-state index contributed by atoms with van der Waals surface area (Å²) in [5, 5.41) is 6.06. The second-order valence-corrected chi connectivity index (χ2v) is 8.07. The van der Waals surface area contributed by atoms with Crippen molar-refractivity contribution in [2.45, 2.75) is 64.1 Å². The lowest BCUT2D eigenvalue weighted by Crippen LogP contribution is -2.51. The predicted molar refractivity (Wildman–Crippen MR) is 91.6 cm³/mol. The Bertz CT molecular complexity index is 582. The van der Waals surface area contributed by atoms with Crippen LogP contribution in [0.5, 0.6) is 0 Å². The zero-order valence-corrected chi connectivity index (χ0v) is 14.6. The van der Waals surface area contributed by atoms with Gasteiger partial charge in [-0.2, -0.15) is 0 Å². The molecule has 0 bridgehead atoms. The van der Waals surface area contributed by atoms with E-state index in [1.807, 2.05) is 6.92 Å². The number of likely N-dealkylation sites (tertiary alicyclic amines) is 1. The van der Waals surface area contributed by atoms with Gasteiger partial charge in [-0.1, -0.05) is 0 Å².